The van der Waals surface area contributed by atoms with Gasteiger partial charge in [-0.1, -0.05) is 32.0 Å². The molecule has 1 aliphatic carbocycles. The van der Waals surface area contributed by atoms with Crippen molar-refractivity contribution in [1.82, 2.24) is 9.97 Å². The first-order chi connectivity index (χ1) is 13.9. The molecule has 0 spiro atoms. The van der Waals surface area contributed by atoms with Gasteiger partial charge in [0.25, 0.3) is 0 Å². The molecule has 0 fully saturated rings. The smallest absolute Gasteiger partial charge is 0.307 e. The Labute approximate surface area is 169 Å². The van der Waals surface area contributed by atoms with Crippen LogP contribution in [-0.4, -0.2) is 28.2 Å². The number of carbonyl (C=O) groups is 1. The first kappa shape index (κ1) is 18.9. The Bertz CT molecular complexity index is 1080. The van der Waals surface area contributed by atoms with Gasteiger partial charge in [-0.2, -0.15) is 0 Å². The molecule has 0 radical (unpaired) electrons. The van der Waals surface area contributed by atoms with E-state index in [-0.39, 0.29) is 11.8 Å². The lowest BCUT2D eigenvalue weighted by atomic mass is 9.72. The second kappa shape index (κ2) is 7.20. The van der Waals surface area contributed by atoms with Gasteiger partial charge in [-0.25, -0.2) is 9.97 Å². The zero-order valence-electron chi connectivity index (χ0n) is 16.7. The molecule has 0 saturated heterocycles. The molecule has 1 heterocycles. The highest BCUT2D eigenvalue weighted by molar-refractivity contribution is 5.74. The number of benzene rings is 2. The van der Waals surface area contributed by atoms with Crippen molar-refractivity contribution in [2.45, 2.75) is 32.1 Å². The van der Waals surface area contributed by atoms with Crippen molar-refractivity contribution in [3.63, 3.8) is 0 Å². The largest absolute Gasteiger partial charge is 0.497 e. The molecule has 6 heteroatoms. The molecular formula is C23H23N3O3. The normalized spacial score (nSPS) is 13.9. The van der Waals surface area contributed by atoms with Crippen LogP contribution in [0.5, 0.6) is 5.75 Å². The zero-order valence-corrected chi connectivity index (χ0v) is 16.7. The second-order valence-corrected chi connectivity index (χ2v) is 7.93. The number of nitrogens with one attached hydrogen (secondary N) is 1. The molecule has 6 nitrogen and oxygen atoms in total. The third-order valence-corrected chi connectivity index (χ3v) is 5.27. The minimum atomic E-state index is -0.847. The fourth-order valence-corrected chi connectivity index (χ4v) is 3.85. The number of hydrogen-bond donors (Lipinski definition) is 2. The van der Waals surface area contributed by atoms with E-state index in [0.717, 1.165) is 40.2 Å². The van der Waals surface area contributed by atoms with Crippen LogP contribution in [0.25, 0.3) is 11.3 Å². The summed E-state index contributed by atoms with van der Waals surface area (Å²) in [5.74, 6) is 0.457. The molecule has 0 aliphatic heterocycles. The lowest BCUT2D eigenvalue weighted by Gasteiger charge is -2.33. The number of carboxylic acids is 1. The summed E-state index contributed by atoms with van der Waals surface area (Å²) in [5, 5.41) is 12.1. The van der Waals surface area contributed by atoms with Gasteiger partial charge in [0.05, 0.1) is 19.2 Å². The monoisotopic (exact) mass is 389 g/mol. The summed E-state index contributed by atoms with van der Waals surface area (Å²) in [4.78, 5) is 20.1. The summed E-state index contributed by atoms with van der Waals surface area (Å²) in [6.45, 7) is 4.46. The Morgan fingerprint density at radius 2 is 1.97 bits per heavy atom. The van der Waals surface area contributed by atoms with Gasteiger partial charge in [0.15, 0.2) is 0 Å². The van der Waals surface area contributed by atoms with Crippen LogP contribution in [0, 0.1) is 0 Å². The van der Waals surface area contributed by atoms with Crippen molar-refractivity contribution in [3.05, 3.63) is 65.4 Å². The molecule has 2 aromatic carbocycles. The average molecular weight is 389 g/mol. The summed E-state index contributed by atoms with van der Waals surface area (Å²) < 4.78 is 5.43. The van der Waals surface area contributed by atoms with E-state index in [4.69, 9.17) is 14.8 Å². The first-order valence-electron chi connectivity index (χ1n) is 9.48. The number of hydrogen-bond acceptors (Lipinski definition) is 5. The number of carboxylic acid groups (broad SMARTS) is 1. The standard InChI is InChI=1S/C23H23N3O3/c1-23(2)12-15-13-24-22(25-16-6-4-14(5-7-16)10-20(27)28)26-21(15)18-11-17(29-3)8-9-19(18)23/h4-9,11,13H,10,12H2,1-3H3,(H,27,28)(H,24,25,26). The maximum absolute atomic E-state index is 10.8. The highest BCUT2D eigenvalue weighted by Crippen LogP contribution is 2.43. The molecule has 0 bridgehead atoms. The molecule has 1 aromatic heterocycles. The van der Waals surface area contributed by atoms with Crippen LogP contribution in [0.3, 0.4) is 0 Å². The Hall–Kier alpha value is -3.41. The van der Waals surface area contributed by atoms with E-state index in [1.165, 1.54) is 5.56 Å². The van der Waals surface area contributed by atoms with Gasteiger partial charge in [-0.3, -0.25) is 4.79 Å². The van der Waals surface area contributed by atoms with Crippen molar-refractivity contribution < 1.29 is 14.6 Å². The number of nitrogens with zero attached hydrogens (tertiary/aromatic N) is 2. The maximum atomic E-state index is 10.8. The van der Waals surface area contributed by atoms with Crippen molar-refractivity contribution in [1.29, 1.82) is 0 Å². The summed E-state index contributed by atoms with van der Waals surface area (Å²) in [5.41, 5.74) is 5.88. The molecule has 1 aliphatic rings. The van der Waals surface area contributed by atoms with Gasteiger partial charge in [0.1, 0.15) is 5.75 Å². The number of aliphatic carboxylic acids is 1. The van der Waals surface area contributed by atoms with Gasteiger partial charge in [0.2, 0.25) is 5.95 Å². The van der Waals surface area contributed by atoms with E-state index < -0.39 is 5.97 Å². The molecule has 0 unspecified atom stereocenters. The molecule has 0 amide bonds. The molecule has 3 aromatic rings. The maximum Gasteiger partial charge on any atom is 0.307 e. The van der Waals surface area contributed by atoms with Gasteiger partial charge in [-0.05, 0) is 52.8 Å². The van der Waals surface area contributed by atoms with Crippen molar-refractivity contribution in [3.8, 4) is 17.0 Å². The highest BCUT2D eigenvalue weighted by atomic mass is 16.5. The van der Waals surface area contributed by atoms with Crippen molar-refractivity contribution >= 4 is 17.6 Å². The van der Waals surface area contributed by atoms with Crippen LogP contribution in [0.1, 0.15) is 30.5 Å². The number of rotatable bonds is 5. The van der Waals surface area contributed by atoms with E-state index in [1.807, 2.05) is 30.5 Å². The lowest BCUT2D eigenvalue weighted by molar-refractivity contribution is -0.136. The summed E-state index contributed by atoms with van der Waals surface area (Å²) in [6, 6.07) is 13.4. The predicted octanol–water partition coefficient (Wildman–Crippen LogP) is 4.36. The minimum Gasteiger partial charge on any atom is -0.497 e. The van der Waals surface area contributed by atoms with Crippen LogP contribution >= 0.6 is 0 Å². The van der Waals surface area contributed by atoms with Gasteiger partial charge >= 0.3 is 5.97 Å². The lowest BCUT2D eigenvalue weighted by Crippen LogP contribution is -2.26. The second-order valence-electron chi connectivity index (χ2n) is 7.93. The highest BCUT2D eigenvalue weighted by Gasteiger charge is 2.32. The summed E-state index contributed by atoms with van der Waals surface area (Å²) in [7, 11) is 1.66. The fourth-order valence-electron chi connectivity index (χ4n) is 3.85. The predicted molar refractivity (Wildman–Crippen MR) is 112 cm³/mol. The number of ether oxygens (including phenoxy) is 1. The molecule has 0 saturated carbocycles. The fraction of sp³-hybridized carbons (Fsp3) is 0.261. The Kier molecular flexibility index (Phi) is 4.70. The summed E-state index contributed by atoms with van der Waals surface area (Å²) in [6.07, 6.45) is 2.75. The zero-order chi connectivity index (χ0) is 20.6. The topological polar surface area (TPSA) is 84.3 Å². The Morgan fingerprint density at radius 3 is 2.66 bits per heavy atom. The molecule has 2 N–H and O–H groups in total. The molecule has 29 heavy (non-hydrogen) atoms. The SMILES string of the molecule is COc1ccc2c(c1)-c1nc(Nc3ccc(CC(=O)O)cc3)ncc1CC2(C)C. The molecule has 0 atom stereocenters. The van der Waals surface area contributed by atoms with Crippen LogP contribution in [0.15, 0.2) is 48.7 Å². The number of methoxy groups -OCH3 is 1. The van der Waals surface area contributed by atoms with Gasteiger partial charge in [0, 0.05) is 17.4 Å². The number of aromatic nitrogens is 2. The van der Waals surface area contributed by atoms with E-state index >= 15 is 0 Å². The number of fused-ring (bicyclic) bond motifs is 3. The third kappa shape index (κ3) is 3.78. The molecular weight excluding hydrogens is 366 g/mol. The van der Waals surface area contributed by atoms with Crippen molar-refractivity contribution in [2.75, 3.05) is 12.4 Å². The number of anilines is 2. The quantitative estimate of drug-likeness (QED) is 0.675. The summed E-state index contributed by atoms with van der Waals surface area (Å²) >= 11 is 0. The van der Waals surface area contributed by atoms with Crippen LogP contribution < -0.4 is 10.1 Å². The van der Waals surface area contributed by atoms with Crippen LogP contribution in [0.4, 0.5) is 11.6 Å². The van der Waals surface area contributed by atoms with Crippen LogP contribution in [-0.2, 0) is 23.1 Å². The van der Waals surface area contributed by atoms with Crippen LogP contribution in [0.2, 0.25) is 0 Å². The average Bonchev–Trinajstić information content (AvgIpc) is 2.69. The van der Waals surface area contributed by atoms with Gasteiger partial charge in [-0.15, -0.1) is 0 Å². The third-order valence-electron chi connectivity index (χ3n) is 5.27. The minimum absolute atomic E-state index is 0.00400. The van der Waals surface area contributed by atoms with Crippen molar-refractivity contribution in [2.24, 2.45) is 0 Å². The van der Waals surface area contributed by atoms with E-state index in [2.05, 4.69) is 30.2 Å². The Morgan fingerprint density at radius 1 is 1.21 bits per heavy atom. The van der Waals surface area contributed by atoms with Gasteiger partial charge < -0.3 is 15.2 Å². The van der Waals surface area contributed by atoms with E-state index in [0.29, 0.717) is 5.95 Å². The molecule has 148 valence electrons. The first-order valence-corrected chi connectivity index (χ1v) is 9.48. The molecule has 4 rings (SSSR count). The van der Waals surface area contributed by atoms with E-state index in [9.17, 15) is 4.79 Å². The Balaban J connectivity index is 1.67. The van der Waals surface area contributed by atoms with E-state index in [1.54, 1.807) is 19.2 Å².